The third-order valence-corrected chi connectivity index (χ3v) is 5.02. The molecule has 0 unspecified atom stereocenters. The molecule has 22 heavy (non-hydrogen) atoms. The molecule has 2 saturated heterocycles. The highest BCUT2D eigenvalue weighted by atomic mass is 32.2. The standard InChI is InChI=1S/C17H17NO2S2/c19-16-15(10-4-8-13-6-2-1-3-7-13)22-17(21)18(16)12-14-9-5-11-20-14/h1-4,6-8,10,14H,5,9,11-12H2/b8-4-,15-10+/t14-/m1/s1. The first-order chi connectivity index (χ1) is 10.7. The van der Waals surface area contributed by atoms with Crippen molar-refractivity contribution in [2.75, 3.05) is 13.2 Å². The van der Waals surface area contributed by atoms with Crippen LogP contribution in [-0.4, -0.2) is 34.4 Å². The lowest BCUT2D eigenvalue weighted by Gasteiger charge is -2.18. The number of hydrogen-bond acceptors (Lipinski definition) is 4. The van der Waals surface area contributed by atoms with Crippen molar-refractivity contribution in [2.24, 2.45) is 0 Å². The van der Waals surface area contributed by atoms with Gasteiger partial charge in [0.25, 0.3) is 5.91 Å². The molecule has 1 aromatic carbocycles. The number of benzene rings is 1. The van der Waals surface area contributed by atoms with Crippen molar-refractivity contribution in [3.63, 3.8) is 0 Å². The third-order valence-electron chi connectivity index (χ3n) is 3.62. The predicted octanol–water partition coefficient (Wildman–Crippen LogP) is 3.62. The van der Waals surface area contributed by atoms with Crippen molar-refractivity contribution in [1.82, 2.24) is 4.90 Å². The molecule has 2 aliphatic heterocycles. The van der Waals surface area contributed by atoms with E-state index < -0.39 is 0 Å². The van der Waals surface area contributed by atoms with Gasteiger partial charge in [0.1, 0.15) is 4.32 Å². The number of rotatable bonds is 4. The second-order valence-electron chi connectivity index (χ2n) is 5.22. The molecule has 1 aromatic rings. The van der Waals surface area contributed by atoms with Gasteiger partial charge in [0, 0.05) is 6.61 Å². The summed E-state index contributed by atoms with van der Waals surface area (Å²) in [6.45, 7) is 1.36. The SMILES string of the molecule is O=C1/C(=C\C=C/c2ccccc2)SC(=S)N1C[C@H]1CCCO1. The monoisotopic (exact) mass is 331 g/mol. The summed E-state index contributed by atoms with van der Waals surface area (Å²) in [4.78, 5) is 14.7. The minimum absolute atomic E-state index is 0.0109. The molecule has 0 bridgehead atoms. The zero-order valence-corrected chi connectivity index (χ0v) is 13.7. The first-order valence-electron chi connectivity index (χ1n) is 7.33. The fourth-order valence-electron chi connectivity index (χ4n) is 2.47. The summed E-state index contributed by atoms with van der Waals surface area (Å²) in [5, 5.41) is 0. The Bertz CT molecular complexity index is 619. The molecule has 114 valence electrons. The fraction of sp³-hybridized carbons (Fsp3) is 0.294. The number of allylic oxidation sites excluding steroid dienone is 2. The van der Waals surface area contributed by atoms with Crippen LogP contribution in [0.1, 0.15) is 18.4 Å². The summed E-state index contributed by atoms with van der Waals surface area (Å²) >= 11 is 6.68. The highest BCUT2D eigenvalue weighted by Gasteiger charge is 2.34. The number of thioether (sulfide) groups is 1. The minimum Gasteiger partial charge on any atom is -0.376 e. The average molecular weight is 331 g/mol. The van der Waals surface area contributed by atoms with Gasteiger partial charge in [0.15, 0.2) is 0 Å². The van der Waals surface area contributed by atoms with E-state index in [1.807, 2.05) is 48.6 Å². The molecule has 0 N–H and O–H groups in total. The molecule has 0 aromatic heterocycles. The van der Waals surface area contributed by atoms with Gasteiger partial charge in [-0.15, -0.1) is 0 Å². The van der Waals surface area contributed by atoms with Crippen molar-refractivity contribution >= 4 is 40.3 Å². The van der Waals surface area contributed by atoms with Gasteiger partial charge in [-0.25, -0.2) is 0 Å². The highest BCUT2D eigenvalue weighted by molar-refractivity contribution is 8.26. The molecular weight excluding hydrogens is 314 g/mol. The molecule has 0 spiro atoms. The van der Waals surface area contributed by atoms with E-state index in [4.69, 9.17) is 17.0 Å². The van der Waals surface area contributed by atoms with Crippen LogP contribution in [0, 0.1) is 0 Å². The Kier molecular flexibility index (Phi) is 5.08. The first-order valence-corrected chi connectivity index (χ1v) is 8.55. The fourth-order valence-corrected chi connectivity index (χ4v) is 3.70. The van der Waals surface area contributed by atoms with E-state index in [-0.39, 0.29) is 12.0 Å². The Morgan fingerprint density at radius 2 is 2.18 bits per heavy atom. The molecular formula is C17H17NO2S2. The Balaban J connectivity index is 1.65. The maximum atomic E-state index is 12.4. The van der Waals surface area contributed by atoms with Crippen molar-refractivity contribution < 1.29 is 9.53 Å². The summed E-state index contributed by atoms with van der Waals surface area (Å²) < 4.78 is 6.21. The van der Waals surface area contributed by atoms with E-state index >= 15 is 0 Å². The van der Waals surface area contributed by atoms with E-state index in [1.54, 1.807) is 4.90 Å². The molecule has 2 fully saturated rings. The zero-order chi connectivity index (χ0) is 15.4. The maximum absolute atomic E-state index is 12.4. The predicted molar refractivity (Wildman–Crippen MR) is 94.4 cm³/mol. The van der Waals surface area contributed by atoms with Crippen molar-refractivity contribution in [3.05, 3.63) is 53.0 Å². The smallest absolute Gasteiger partial charge is 0.266 e. The Labute approximate surface area is 140 Å². The van der Waals surface area contributed by atoms with Crippen LogP contribution in [0.25, 0.3) is 6.08 Å². The molecule has 2 aliphatic rings. The zero-order valence-electron chi connectivity index (χ0n) is 12.1. The number of ether oxygens (including phenoxy) is 1. The van der Waals surface area contributed by atoms with E-state index in [0.29, 0.717) is 15.8 Å². The maximum Gasteiger partial charge on any atom is 0.266 e. The lowest BCUT2D eigenvalue weighted by molar-refractivity contribution is -0.123. The molecule has 3 rings (SSSR count). The van der Waals surface area contributed by atoms with E-state index in [9.17, 15) is 4.79 Å². The summed E-state index contributed by atoms with van der Waals surface area (Å²) in [5.74, 6) is -0.0109. The van der Waals surface area contributed by atoms with Crippen LogP contribution in [0.3, 0.4) is 0 Å². The normalized spacial score (nSPS) is 24.1. The molecule has 1 atom stereocenters. The summed E-state index contributed by atoms with van der Waals surface area (Å²) in [5.41, 5.74) is 1.11. The largest absolute Gasteiger partial charge is 0.376 e. The van der Waals surface area contributed by atoms with E-state index in [2.05, 4.69) is 0 Å². The average Bonchev–Trinajstić information content (AvgIpc) is 3.13. The van der Waals surface area contributed by atoms with Gasteiger partial charge in [0.2, 0.25) is 0 Å². The van der Waals surface area contributed by atoms with Crippen molar-refractivity contribution in [2.45, 2.75) is 18.9 Å². The van der Waals surface area contributed by atoms with Gasteiger partial charge in [-0.2, -0.15) is 0 Å². The second-order valence-corrected chi connectivity index (χ2v) is 6.90. The molecule has 1 amide bonds. The van der Waals surface area contributed by atoms with Gasteiger partial charge >= 0.3 is 0 Å². The number of nitrogens with zero attached hydrogens (tertiary/aromatic N) is 1. The van der Waals surface area contributed by atoms with E-state index in [1.165, 1.54) is 11.8 Å². The Hall–Kier alpha value is -1.43. The van der Waals surface area contributed by atoms with Crippen LogP contribution < -0.4 is 0 Å². The second kappa shape index (κ2) is 7.22. The van der Waals surface area contributed by atoms with Crippen LogP contribution in [0.15, 0.2) is 47.4 Å². The highest BCUT2D eigenvalue weighted by Crippen LogP contribution is 2.32. The first kappa shape index (κ1) is 15.5. The summed E-state index contributed by atoms with van der Waals surface area (Å²) in [7, 11) is 0. The van der Waals surface area contributed by atoms with Crippen LogP contribution in [0.5, 0.6) is 0 Å². The Morgan fingerprint density at radius 3 is 2.91 bits per heavy atom. The minimum atomic E-state index is -0.0109. The summed E-state index contributed by atoms with van der Waals surface area (Å²) in [6.07, 6.45) is 7.91. The number of carbonyl (C=O) groups is 1. The van der Waals surface area contributed by atoms with Gasteiger partial charge in [-0.3, -0.25) is 9.69 Å². The van der Waals surface area contributed by atoms with Gasteiger partial charge in [-0.05, 0) is 24.5 Å². The lowest BCUT2D eigenvalue weighted by Crippen LogP contribution is -2.35. The lowest BCUT2D eigenvalue weighted by atomic mass is 10.2. The molecule has 3 nitrogen and oxygen atoms in total. The molecule has 2 heterocycles. The molecule has 0 radical (unpaired) electrons. The number of amides is 1. The molecule has 5 heteroatoms. The third kappa shape index (κ3) is 3.66. The van der Waals surface area contributed by atoms with Crippen molar-refractivity contribution in [1.29, 1.82) is 0 Å². The number of thiocarbonyl (C=S) groups is 1. The number of carbonyl (C=O) groups excluding carboxylic acids is 1. The van der Waals surface area contributed by atoms with Crippen LogP contribution in [0.4, 0.5) is 0 Å². The van der Waals surface area contributed by atoms with Crippen LogP contribution >= 0.6 is 24.0 Å². The van der Waals surface area contributed by atoms with Crippen molar-refractivity contribution in [3.8, 4) is 0 Å². The van der Waals surface area contributed by atoms with Crippen LogP contribution in [-0.2, 0) is 9.53 Å². The summed E-state index contributed by atoms with van der Waals surface area (Å²) in [6, 6.07) is 10.00. The van der Waals surface area contributed by atoms with Gasteiger partial charge < -0.3 is 4.74 Å². The van der Waals surface area contributed by atoms with Crippen LogP contribution in [0.2, 0.25) is 0 Å². The Morgan fingerprint density at radius 1 is 1.36 bits per heavy atom. The molecule has 0 saturated carbocycles. The van der Waals surface area contributed by atoms with Gasteiger partial charge in [-0.1, -0.05) is 66.5 Å². The van der Waals surface area contributed by atoms with Gasteiger partial charge in [0.05, 0.1) is 17.6 Å². The topological polar surface area (TPSA) is 29.5 Å². The quantitative estimate of drug-likeness (QED) is 0.622. The van der Waals surface area contributed by atoms with E-state index in [0.717, 1.165) is 25.0 Å². The number of hydrogen-bond donors (Lipinski definition) is 0. The molecule has 0 aliphatic carbocycles.